The fraction of sp³-hybridized carbons (Fsp3) is 0.125. The number of nitrogens with zero attached hydrogens (tertiary/aromatic N) is 1. The average molecular weight is 299 g/mol. The lowest BCUT2D eigenvalue weighted by molar-refractivity contribution is -0.144. The topological polar surface area (TPSA) is 59.4 Å². The van der Waals surface area contributed by atoms with Crippen LogP contribution in [0.1, 0.15) is 6.92 Å². The van der Waals surface area contributed by atoms with Crippen molar-refractivity contribution in [2.24, 2.45) is 0 Å². The molecule has 0 saturated heterocycles. The number of fused-ring (bicyclic) bond motifs is 1. The molecule has 0 aliphatic carbocycles. The van der Waals surface area contributed by atoms with E-state index >= 15 is 0 Å². The molecule has 0 saturated carbocycles. The molecule has 3 rings (SSSR count). The molecule has 0 spiro atoms. The number of thiazole rings is 1. The number of hydrogen-bond acceptors (Lipinski definition) is 4. The van der Waals surface area contributed by atoms with Gasteiger partial charge in [-0.3, -0.25) is 0 Å². The highest BCUT2D eigenvalue weighted by atomic mass is 32.1. The Morgan fingerprint density at radius 1 is 1.19 bits per heavy atom. The van der Waals surface area contributed by atoms with Crippen molar-refractivity contribution in [2.75, 3.05) is 0 Å². The summed E-state index contributed by atoms with van der Waals surface area (Å²) in [7, 11) is 0. The van der Waals surface area contributed by atoms with E-state index in [1.54, 1.807) is 17.4 Å². The van der Waals surface area contributed by atoms with E-state index in [1.807, 2.05) is 42.5 Å². The summed E-state index contributed by atoms with van der Waals surface area (Å²) in [4.78, 5) is 15.5. The summed E-state index contributed by atoms with van der Waals surface area (Å²) in [6.07, 6.45) is -0.902. The number of aromatic nitrogens is 1. The van der Waals surface area contributed by atoms with Crippen molar-refractivity contribution < 1.29 is 14.6 Å². The van der Waals surface area contributed by atoms with E-state index in [9.17, 15) is 4.79 Å². The molecule has 1 atom stereocenters. The number of carbonyl (C=O) groups is 1. The van der Waals surface area contributed by atoms with Gasteiger partial charge >= 0.3 is 5.97 Å². The van der Waals surface area contributed by atoms with Gasteiger partial charge in [-0.15, -0.1) is 11.3 Å². The zero-order valence-corrected chi connectivity index (χ0v) is 12.1. The highest BCUT2D eigenvalue weighted by Crippen LogP contribution is 2.35. The molecule has 21 heavy (non-hydrogen) atoms. The minimum atomic E-state index is -0.992. The van der Waals surface area contributed by atoms with Crippen molar-refractivity contribution >= 4 is 27.5 Å². The summed E-state index contributed by atoms with van der Waals surface area (Å²) >= 11 is 1.56. The largest absolute Gasteiger partial charge is 0.479 e. The van der Waals surface area contributed by atoms with Gasteiger partial charge in [-0.1, -0.05) is 24.3 Å². The molecule has 0 unspecified atom stereocenters. The van der Waals surface area contributed by atoms with Crippen LogP contribution in [0.2, 0.25) is 0 Å². The SMILES string of the molecule is C[C@@H](Oc1ccccc1-c1nc2ccccc2s1)C(=O)O. The van der Waals surface area contributed by atoms with E-state index < -0.39 is 12.1 Å². The van der Waals surface area contributed by atoms with Crippen molar-refractivity contribution in [3.8, 4) is 16.3 Å². The number of para-hydroxylation sites is 2. The van der Waals surface area contributed by atoms with Crippen LogP contribution >= 0.6 is 11.3 Å². The quantitative estimate of drug-likeness (QED) is 0.795. The molecule has 1 heterocycles. The van der Waals surface area contributed by atoms with E-state index in [4.69, 9.17) is 9.84 Å². The minimum absolute atomic E-state index is 0.534. The second kappa shape index (κ2) is 5.54. The molecule has 0 aliphatic heterocycles. The number of hydrogen-bond donors (Lipinski definition) is 1. The first-order valence-corrected chi connectivity index (χ1v) is 7.31. The van der Waals surface area contributed by atoms with Gasteiger partial charge in [0.15, 0.2) is 6.10 Å². The number of benzene rings is 2. The summed E-state index contributed by atoms with van der Waals surface area (Å²) < 4.78 is 6.62. The van der Waals surface area contributed by atoms with Gasteiger partial charge in [0.1, 0.15) is 10.8 Å². The number of aliphatic carboxylic acids is 1. The standard InChI is InChI=1S/C16H13NO3S/c1-10(16(18)19)20-13-8-4-2-6-11(13)15-17-12-7-3-5-9-14(12)21-15/h2-10H,1H3,(H,18,19)/t10-/m1/s1. The van der Waals surface area contributed by atoms with Gasteiger partial charge in [0.25, 0.3) is 0 Å². The molecular formula is C16H13NO3S. The van der Waals surface area contributed by atoms with Crippen LogP contribution in [0, 0.1) is 0 Å². The van der Waals surface area contributed by atoms with Crippen LogP contribution < -0.4 is 4.74 Å². The molecule has 0 radical (unpaired) electrons. The van der Waals surface area contributed by atoms with Crippen molar-refractivity contribution in [1.82, 2.24) is 4.98 Å². The van der Waals surface area contributed by atoms with Crippen LogP contribution in [-0.4, -0.2) is 22.2 Å². The van der Waals surface area contributed by atoms with Gasteiger partial charge in [-0.25, -0.2) is 9.78 Å². The van der Waals surface area contributed by atoms with E-state index in [2.05, 4.69) is 4.98 Å². The van der Waals surface area contributed by atoms with E-state index in [-0.39, 0.29) is 0 Å². The van der Waals surface area contributed by atoms with Crippen molar-refractivity contribution in [3.05, 3.63) is 48.5 Å². The van der Waals surface area contributed by atoms with Gasteiger partial charge in [-0.05, 0) is 31.2 Å². The molecule has 0 amide bonds. The smallest absolute Gasteiger partial charge is 0.344 e. The molecule has 3 aromatic rings. The Labute approximate surface area is 125 Å². The molecule has 1 aromatic heterocycles. The predicted octanol–water partition coefficient (Wildman–Crippen LogP) is 3.82. The lowest BCUT2D eigenvalue weighted by Crippen LogP contribution is -2.23. The van der Waals surface area contributed by atoms with Crippen LogP contribution in [0.5, 0.6) is 5.75 Å². The summed E-state index contributed by atoms with van der Waals surface area (Å²) in [5.41, 5.74) is 1.74. The third-order valence-corrected chi connectivity index (χ3v) is 4.13. The fourth-order valence-corrected chi connectivity index (χ4v) is 2.97. The molecule has 1 N–H and O–H groups in total. The van der Waals surface area contributed by atoms with Gasteiger partial charge in [0.2, 0.25) is 0 Å². The Balaban J connectivity index is 2.03. The Kier molecular flexibility index (Phi) is 3.58. The van der Waals surface area contributed by atoms with Crippen LogP contribution in [0.15, 0.2) is 48.5 Å². The number of ether oxygens (including phenoxy) is 1. The van der Waals surface area contributed by atoms with Crippen LogP contribution in [0.25, 0.3) is 20.8 Å². The Hall–Kier alpha value is -2.40. The highest BCUT2D eigenvalue weighted by Gasteiger charge is 2.17. The van der Waals surface area contributed by atoms with Gasteiger partial charge in [0, 0.05) is 0 Å². The third kappa shape index (κ3) is 2.73. The molecule has 0 fully saturated rings. The normalized spacial score (nSPS) is 12.2. The number of carboxylic acids is 1. The minimum Gasteiger partial charge on any atom is -0.479 e. The van der Waals surface area contributed by atoms with Crippen LogP contribution in [0.3, 0.4) is 0 Å². The summed E-state index contributed by atoms with van der Waals surface area (Å²) in [6.45, 7) is 1.51. The lowest BCUT2D eigenvalue weighted by Gasteiger charge is -2.12. The monoisotopic (exact) mass is 299 g/mol. The summed E-state index contributed by atoms with van der Waals surface area (Å²) in [5, 5.41) is 9.80. The maximum absolute atomic E-state index is 11.0. The molecule has 2 aromatic carbocycles. The molecule has 0 bridgehead atoms. The lowest BCUT2D eigenvalue weighted by atomic mass is 10.2. The fourth-order valence-electron chi connectivity index (χ4n) is 1.97. The van der Waals surface area contributed by atoms with E-state index in [1.165, 1.54) is 6.92 Å². The van der Waals surface area contributed by atoms with Crippen molar-refractivity contribution in [1.29, 1.82) is 0 Å². The van der Waals surface area contributed by atoms with E-state index in [0.717, 1.165) is 20.8 Å². The molecule has 4 nitrogen and oxygen atoms in total. The first kappa shape index (κ1) is 13.6. The summed E-state index contributed by atoms with van der Waals surface area (Å²) in [5.74, 6) is -0.458. The zero-order chi connectivity index (χ0) is 14.8. The molecule has 106 valence electrons. The Morgan fingerprint density at radius 3 is 2.67 bits per heavy atom. The number of rotatable bonds is 4. The highest BCUT2D eigenvalue weighted by molar-refractivity contribution is 7.21. The van der Waals surface area contributed by atoms with Gasteiger partial charge in [-0.2, -0.15) is 0 Å². The Morgan fingerprint density at radius 2 is 1.90 bits per heavy atom. The zero-order valence-electron chi connectivity index (χ0n) is 11.3. The predicted molar refractivity (Wildman–Crippen MR) is 82.8 cm³/mol. The van der Waals surface area contributed by atoms with Crippen molar-refractivity contribution in [3.63, 3.8) is 0 Å². The second-order valence-corrected chi connectivity index (χ2v) is 5.61. The average Bonchev–Trinajstić information content (AvgIpc) is 2.91. The third-order valence-electron chi connectivity index (χ3n) is 3.06. The van der Waals surface area contributed by atoms with Crippen LogP contribution in [-0.2, 0) is 4.79 Å². The first-order chi connectivity index (χ1) is 10.1. The van der Waals surface area contributed by atoms with Crippen molar-refractivity contribution in [2.45, 2.75) is 13.0 Å². The molecular weight excluding hydrogens is 286 g/mol. The Bertz CT molecular complexity index is 764. The van der Waals surface area contributed by atoms with Gasteiger partial charge < -0.3 is 9.84 Å². The second-order valence-electron chi connectivity index (χ2n) is 4.58. The van der Waals surface area contributed by atoms with Crippen LogP contribution in [0.4, 0.5) is 0 Å². The summed E-state index contributed by atoms with van der Waals surface area (Å²) in [6, 6.07) is 15.3. The maximum atomic E-state index is 11.0. The maximum Gasteiger partial charge on any atom is 0.344 e. The van der Waals surface area contributed by atoms with Gasteiger partial charge in [0.05, 0.1) is 15.8 Å². The van der Waals surface area contributed by atoms with E-state index in [0.29, 0.717) is 5.75 Å². The molecule has 5 heteroatoms. The number of carboxylic acid groups (broad SMARTS) is 1. The first-order valence-electron chi connectivity index (χ1n) is 6.49. The molecule has 0 aliphatic rings.